The highest BCUT2D eigenvalue weighted by Crippen LogP contribution is 2.39. The number of unbranched alkanes of at least 4 members (excludes halogenated alkanes) is 1. The minimum atomic E-state index is -0.335. The number of fused-ring (bicyclic) bond motifs is 1. The average molecular weight is 256 g/mol. The second-order valence-corrected chi connectivity index (χ2v) is 5.54. The molecule has 4 unspecified atom stereocenters. The van der Waals surface area contributed by atoms with Crippen molar-refractivity contribution in [1.82, 2.24) is 0 Å². The summed E-state index contributed by atoms with van der Waals surface area (Å²) in [6.45, 7) is 2.47. The van der Waals surface area contributed by atoms with Crippen molar-refractivity contribution in [3.8, 4) is 0 Å². The number of ether oxygens (including phenoxy) is 2. The van der Waals surface area contributed by atoms with Crippen LogP contribution in [0.5, 0.6) is 0 Å². The van der Waals surface area contributed by atoms with E-state index in [9.17, 15) is 9.90 Å². The number of epoxide rings is 1. The van der Waals surface area contributed by atoms with Gasteiger partial charge in [-0.05, 0) is 31.6 Å². The van der Waals surface area contributed by atoms with Crippen molar-refractivity contribution in [2.24, 2.45) is 11.8 Å². The smallest absolute Gasteiger partial charge is 0.311 e. The first-order chi connectivity index (χ1) is 8.74. The molecule has 1 N–H and O–H groups in total. The van der Waals surface area contributed by atoms with E-state index >= 15 is 0 Å². The van der Waals surface area contributed by atoms with E-state index in [2.05, 4.69) is 6.92 Å². The largest absolute Gasteiger partial charge is 0.465 e. The Bertz CT molecular complexity index is 279. The summed E-state index contributed by atoms with van der Waals surface area (Å²) in [5, 5.41) is 9.19. The van der Waals surface area contributed by atoms with Crippen LogP contribution in [0.25, 0.3) is 0 Å². The molecule has 0 aromatic heterocycles. The molecule has 2 aliphatic rings. The highest BCUT2D eigenvalue weighted by molar-refractivity contribution is 5.72. The normalized spacial score (nSPS) is 31.6. The van der Waals surface area contributed by atoms with Gasteiger partial charge in [0.1, 0.15) is 0 Å². The third-order valence-corrected chi connectivity index (χ3v) is 4.03. The molecule has 4 heteroatoms. The summed E-state index contributed by atoms with van der Waals surface area (Å²) in [4.78, 5) is 11.8. The zero-order valence-corrected chi connectivity index (χ0v) is 11.1. The molecule has 2 rings (SSSR count). The van der Waals surface area contributed by atoms with Crippen molar-refractivity contribution in [1.29, 1.82) is 0 Å². The molecule has 0 aromatic carbocycles. The van der Waals surface area contributed by atoms with E-state index in [4.69, 9.17) is 9.47 Å². The van der Waals surface area contributed by atoms with Crippen LogP contribution in [0.4, 0.5) is 0 Å². The van der Waals surface area contributed by atoms with E-state index in [1.165, 1.54) is 0 Å². The molecule has 1 saturated carbocycles. The molecule has 18 heavy (non-hydrogen) atoms. The molecule has 4 nitrogen and oxygen atoms in total. The van der Waals surface area contributed by atoms with Crippen LogP contribution in [0.1, 0.15) is 45.4 Å². The quantitative estimate of drug-likeness (QED) is 0.558. The number of aliphatic hydroxyl groups excluding tert-OH is 1. The number of rotatable bonds is 7. The van der Waals surface area contributed by atoms with Gasteiger partial charge in [-0.15, -0.1) is 0 Å². The number of carbonyl (C=O) groups excluding carboxylic acids is 1. The van der Waals surface area contributed by atoms with Crippen LogP contribution < -0.4 is 0 Å². The molecule has 2 fully saturated rings. The maximum Gasteiger partial charge on any atom is 0.311 e. The lowest BCUT2D eigenvalue weighted by molar-refractivity contribution is -0.151. The highest BCUT2D eigenvalue weighted by Gasteiger charge is 2.44. The fraction of sp³-hybridized carbons (Fsp3) is 0.929. The maximum atomic E-state index is 11.8. The first-order valence-corrected chi connectivity index (χ1v) is 7.17. The Labute approximate surface area is 109 Å². The van der Waals surface area contributed by atoms with Gasteiger partial charge in [-0.2, -0.15) is 0 Å². The molecule has 1 aliphatic carbocycles. The van der Waals surface area contributed by atoms with Crippen molar-refractivity contribution in [2.45, 2.75) is 57.7 Å². The van der Waals surface area contributed by atoms with Gasteiger partial charge in [-0.3, -0.25) is 4.79 Å². The first-order valence-electron chi connectivity index (χ1n) is 7.17. The zero-order chi connectivity index (χ0) is 13.0. The molecule has 0 amide bonds. The summed E-state index contributed by atoms with van der Waals surface area (Å²) >= 11 is 0. The Kier molecular flexibility index (Phi) is 5.01. The van der Waals surface area contributed by atoms with Crippen molar-refractivity contribution in [3.05, 3.63) is 0 Å². The number of esters is 1. The number of hydrogen-bond donors (Lipinski definition) is 1. The molecule has 1 aliphatic heterocycles. The fourth-order valence-electron chi connectivity index (χ4n) is 2.69. The summed E-state index contributed by atoms with van der Waals surface area (Å²) < 4.78 is 10.8. The summed E-state index contributed by atoms with van der Waals surface area (Å²) in [7, 11) is 0. The van der Waals surface area contributed by atoms with Gasteiger partial charge in [0.25, 0.3) is 0 Å². The molecule has 104 valence electrons. The Morgan fingerprint density at radius 1 is 1.44 bits per heavy atom. The predicted octanol–water partition coefficient (Wildman–Crippen LogP) is 1.90. The molecular weight excluding hydrogens is 232 g/mol. The van der Waals surface area contributed by atoms with E-state index in [1.54, 1.807) is 0 Å². The van der Waals surface area contributed by atoms with Crippen molar-refractivity contribution < 1.29 is 19.4 Å². The van der Waals surface area contributed by atoms with Gasteiger partial charge in [0, 0.05) is 0 Å². The van der Waals surface area contributed by atoms with Crippen LogP contribution >= 0.6 is 0 Å². The van der Waals surface area contributed by atoms with E-state index in [1.807, 2.05) is 0 Å². The monoisotopic (exact) mass is 256 g/mol. The summed E-state index contributed by atoms with van der Waals surface area (Å²) in [6.07, 6.45) is 6.86. The lowest BCUT2D eigenvalue weighted by Crippen LogP contribution is -2.26. The van der Waals surface area contributed by atoms with Crippen LogP contribution in [0.2, 0.25) is 0 Å². The van der Waals surface area contributed by atoms with Gasteiger partial charge in [-0.25, -0.2) is 0 Å². The standard InChI is InChI=1S/C14H24O4/c1-2-3-4-11(8-15)14(16)17-9-10-5-6-12-13(7-10)18-12/h10-13,15H,2-9H2,1H3. The fourth-order valence-corrected chi connectivity index (χ4v) is 2.69. The van der Waals surface area contributed by atoms with E-state index < -0.39 is 0 Å². The van der Waals surface area contributed by atoms with Crippen molar-refractivity contribution >= 4 is 5.97 Å². The first kappa shape index (κ1) is 13.8. The lowest BCUT2D eigenvalue weighted by atomic mass is 9.90. The number of carbonyl (C=O) groups is 1. The maximum absolute atomic E-state index is 11.8. The minimum absolute atomic E-state index is 0.0999. The number of hydrogen-bond acceptors (Lipinski definition) is 4. The summed E-state index contributed by atoms with van der Waals surface area (Å²) in [6, 6.07) is 0. The molecular formula is C14H24O4. The third-order valence-electron chi connectivity index (χ3n) is 4.03. The van der Waals surface area contributed by atoms with E-state index in [0.29, 0.717) is 24.7 Å². The Hall–Kier alpha value is -0.610. The Balaban J connectivity index is 1.66. The van der Waals surface area contributed by atoms with Crippen LogP contribution in [-0.4, -0.2) is 36.5 Å². The van der Waals surface area contributed by atoms with Crippen molar-refractivity contribution in [3.63, 3.8) is 0 Å². The van der Waals surface area contributed by atoms with Crippen LogP contribution in [0, 0.1) is 11.8 Å². The molecule has 0 aromatic rings. The SMILES string of the molecule is CCCCC(CO)C(=O)OCC1CCC2OC2C1. The lowest BCUT2D eigenvalue weighted by Gasteiger charge is -2.20. The molecule has 0 bridgehead atoms. The van der Waals surface area contributed by atoms with Gasteiger partial charge in [-0.1, -0.05) is 19.8 Å². The Morgan fingerprint density at radius 3 is 2.94 bits per heavy atom. The molecule has 1 heterocycles. The second-order valence-electron chi connectivity index (χ2n) is 5.54. The van der Waals surface area contributed by atoms with Crippen LogP contribution in [0.15, 0.2) is 0 Å². The second kappa shape index (κ2) is 6.53. The molecule has 4 atom stereocenters. The summed E-state index contributed by atoms with van der Waals surface area (Å²) in [5.41, 5.74) is 0. The minimum Gasteiger partial charge on any atom is -0.465 e. The van der Waals surface area contributed by atoms with Gasteiger partial charge in [0.2, 0.25) is 0 Å². The topological polar surface area (TPSA) is 59.1 Å². The third kappa shape index (κ3) is 3.69. The molecule has 0 spiro atoms. The molecule has 0 radical (unpaired) electrons. The highest BCUT2D eigenvalue weighted by atomic mass is 16.6. The van der Waals surface area contributed by atoms with E-state index in [-0.39, 0.29) is 18.5 Å². The average Bonchev–Trinajstić information content (AvgIpc) is 3.15. The Morgan fingerprint density at radius 2 is 2.28 bits per heavy atom. The predicted molar refractivity (Wildman–Crippen MR) is 67.1 cm³/mol. The van der Waals surface area contributed by atoms with Gasteiger partial charge < -0.3 is 14.6 Å². The zero-order valence-electron chi connectivity index (χ0n) is 11.1. The van der Waals surface area contributed by atoms with Crippen LogP contribution in [0.3, 0.4) is 0 Å². The van der Waals surface area contributed by atoms with Gasteiger partial charge in [0.05, 0.1) is 31.3 Å². The van der Waals surface area contributed by atoms with Gasteiger partial charge >= 0.3 is 5.97 Å². The number of aliphatic hydroxyl groups is 1. The van der Waals surface area contributed by atoms with Crippen LogP contribution in [-0.2, 0) is 14.3 Å². The molecule has 1 saturated heterocycles. The van der Waals surface area contributed by atoms with Gasteiger partial charge in [0.15, 0.2) is 0 Å². The van der Waals surface area contributed by atoms with Crippen molar-refractivity contribution in [2.75, 3.05) is 13.2 Å². The summed E-state index contributed by atoms with van der Waals surface area (Å²) in [5.74, 6) is -0.119. The van der Waals surface area contributed by atoms with E-state index in [0.717, 1.165) is 38.5 Å².